The van der Waals surface area contributed by atoms with Gasteiger partial charge in [0.25, 0.3) is 0 Å². The molecule has 0 spiro atoms. The third-order valence-corrected chi connectivity index (χ3v) is 2.72. The van der Waals surface area contributed by atoms with Gasteiger partial charge in [0.1, 0.15) is 12.7 Å². The molecule has 1 aliphatic heterocycles. The summed E-state index contributed by atoms with van der Waals surface area (Å²) in [5, 5.41) is 4.07. The fourth-order valence-corrected chi connectivity index (χ4v) is 1.85. The van der Waals surface area contributed by atoms with E-state index in [2.05, 4.69) is 22.0 Å². The van der Waals surface area contributed by atoms with Crippen LogP contribution in [0.1, 0.15) is 12.8 Å². The molecule has 0 aliphatic carbocycles. The Hall–Kier alpha value is -0.940. The minimum atomic E-state index is 0.436. The molecule has 5 heteroatoms. The summed E-state index contributed by atoms with van der Waals surface area (Å²) in [4.78, 5) is 6.20. The van der Waals surface area contributed by atoms with Crippen molar-refractivity contribution in [1.29, 1.82) is 0 Å². The van der Waals surface area contributed by atoms with Gasteiger partial charge in [-0.15, -0.1) is 0 Å². The van der Waals surface area contributed by atoms with Crippen LogP contribution in [0.25, 0.3) is 0 Å². The van der Waals surface area contributed by atoms with Gasteiger partial charge in [-0.3, -0.25) is 4.68 Å². The maximum atomic E-state index is 5.58. The summed E-state index contributed by atoms with van der Waals surface area (Å²) < 4.78 is 7.44. The molecule has 84 valence electrons. The highest BCUT2D eigenvalue weighted by Crippen LogP contribution is 2.12. The van der Waals surface area contributed by atoms with Gasteiger partial charge in [0.05, 0.1) is 12.6 Å². The lowest BCUT2D eigenvalue weighted by Gasteiger charge is -2.20. The largest absolute Gasteiger partial charge is 0.377 e. The van der Waals surface area contributed by atoms with Gasteiger partial charge in [-0.1, -0.05) is 0 Å². The zero-order valence-electron chi connectivity index (χ0n) is 9.17. The summed E-state index contributed by atoms with van der Waals surface area (Å²) in [6, 6.07) is 0. The first-order valence-electron chi connectivity index (χ1n) is 5.47. The van der Waals surface area contributed by atoms with Crippen LogP contribution in [0, 0.1) is 0 Å². The second-order valence-electron chi connectivity index (χ2n) is 4.06. The van der Waals surface area contributed by atoms with Crippen LogP contribution in [0.3, 0.4) is 0 Å². The molecule has 0 N–H and O–H groups in total. The van der Waals surface area contributed by atoms with Crippen molar-refractivity contribution in [2.45, 2.75) is 25.5 Å². The Morgan fingerprint density at radius 2 is 2.53 bits per heavy atom. The zero-order valence-corrected chi connectivity index (χ0v) is 9.17. The lowest BCUT2D eigenvalue weighted by atomic mass is 10.2. The molecular formula is C10H18N4O. The molecule has 5 nitrogen and oxygen atoms in total. The summed E-state index contributed by atoms with van der Waals surface area (Å²) in [7, 11) is 2.12. The SMILES string of the molecule is CN(CCn1cncn1)C[C@@H]1CCCO1. The summed E-state index contributed by atoms with van der Waals surface area (Å²) in [5.41, 5.74) is 0. The molecule has 0 bridgehead atoms. The highest BCUT2D eigenvalue weighted by molar-refractivity contribution is 4.68. The van der Waals surface area contributed by atoms with Gasteiger partial charge in [-0.25, -0.2) is 4.98 Å². The molecule has 2 rings (SSSR count). The Balaban J connectivity index is 1.66. The lowest BCUT2D eigenvalue weighted by molar-refractivity contribution is 0.0800. The Morgan fingerprint density at radius 3 is 3.20 bits per heavy atom. The van der Waals surface area contributed by atoms with Crippen LogP contribution < -0.4 is 0 Å². The highest BCUT2D eigenvalue weighted by Gasteiger charge is 2.16. The lowest BCUT2D eigenvalue weighted by Crippen LogP contribution is -2.31. The van der Waals surface area contributed by atoms with Crippen molar-refractivity contribution in [2.24, 2.45) is 0 Å². The van der Waals surface area contributed by atoms with Crippen LogP contribution in [-0.2, 0) is 11.3 Å². The van der Waals surface area contributed by atoms with Crippen LogP contribution in [0.2, 0.25) is 0 Å². The molecular weight excluding hydrogens is 192 g/mol. The van der Waals surface area contributed by atoms with Crippen molar-refractivity contribution in [2.75, 3.05) is 26.7 Å². The normalized spacial score (nSPS) is 21.3. The van der Waals surface area contributed by atoms with Gasteiger partial charge in [0.2, 0.25) is 0 Å². The molecule has 0 amide bonds. The van der Waals surface area contributed by atoms with Crippen molar-refractivity contribution in [3.8, 4) is 0 Å². The Kier molecular flexibility index (Phi) is 3.69. The van der Waals surface area contributed by atoms with Crippen molar-refractivity contribution >= 4 is 0 Å². The minimum Gasteiger partial charge on any atom is -0.377 e. The first-order valence-corrected chi connectivity index (χ1v) is 5.47. The highest BCUT2D eigenvalue weighted by atomic mass is 16.5. The second-order valence-corrected chi connectivity index (χ2v) is 4.06. The summed E-state index contributed by atoms with van der Waals surface area (Å²) in [6.45, 7) is 3.84. The van der Waals surface area contributed by atoms with E-state index in [4.69, 9.17) is 4.74 Å². The van der Waals surface area contributed by atoms with Crippen LogP contribution in [0.4, 0.5) is 0 Å². The maximum absolute atomic E-state index is 5.58. The molecule has 2 heterocycles. The van der Waals surface area contributed by atoms with Gasteiger partial charge in [0.15, 0.2) is 0 Å². The van der Waals surface area contributed by atoms with Crippen LogP contribution in [0.15, 0.2) is 12.7 Å². The number of hydrogen-bond donors (Lipinski definition) is 0. The molecule has 1 aromatic heterocycles. The van der Waals surface area contributed by atoms with Crippen molar-refractivity contribution in [1.82, 2.24) is 19.7 Å². The van der Waals surface area contributed by atoms with E-state index < -0.39 is 0 Å². The van der Waals surface area contributed by atoms with E-state index in [0.717, 1.165) is 26.2 Å². The molecule has 1 saturated heterocycles. The third kappa shape index (κ3) is 3.28. The fourth-order valence-electron chi connectivity index (χ4n) is 1.85. The molecule has 0 radical (unpaired) electrons. The van der Waals surface area contributed by atoms with Crippen molar-refractivity contribution < 1.29 is 4.74 Å². The van der Waals surface area contributed by atoms with E-state index >= 15 is 0 Å². The molecule has 0 unspecified atom stereocenters. The van der Waals surface area contributed by atoms with E-state index in [-0.39, 0.29) is 0 Å². The molecule has 1 aliphatic rings. The molecule has 1 fully saturated rings. The van der Waals surface area contributed by atoms with Crippen molar-refractivity contribution in [3.05, 3.63) is 12.7 Å². The average molecular weight is 210 g/mol. The monoisotopic (exact) mass is 210 g/mol. The van der Waals surface area contributed by atoms with E-state index in [1.807, 2.05) is 4.68 Å². The topological polar surface area (TPSA) is 43.2 Å². The summed E-state index contributed by atoms with van der Waals surface area (Å²) >= 11 is 0. The molecule has 1 atom stereocenters. The summed E-state index contributed by atoms with van der Waals surface area (Å²) in [5.74, 6) is 0. The van der Waals surface area contributed by atoms with E-state index in [1.54, 1.807) is 12.7 Å². The van der Waals surface area contributed by atoms with Gasteiger partial charge >= 0.3 is 0 Å². The smallest absolute Gasteiger partial charge is 0.137 e. The third-order valence-electron chi connectivity index (χ3n) is 2.72. The predicted octanol–water partition coefficient (Wildman–Crippen LogP) is 0.389. The minimum absolute atomic E-state index is 0.436. The van der Waals surface area contributed by atoms with E-state index in [9.17, 15) is 0 Å². The van der Waals surface area contributed by atoms with E-state index in [1.165, 1.54) is 12.8 Å². The number of nitrogens with zero attached hydrogens (tertiary/aromatic N) is 4. The standard InChI is InChI=1S/C10H18N4O/c1-13(7-10-3-2-6-15-10)4-5-14-9-11-8-12-14/h8-10H,2-7H2,1H3/t10-/m0/s1. The molecule has 15 heavy (non-hydrogen) atoms. The van der Waals surface area contributed by atoms with Gasteiger partial charge in [0, 0.05) is 19.7 Å². The Labute approximate surface area is 90.0 Å². The first kappa shape index (κ1) is 10.6. The van der Waals surface area contributed by atoms with Gasteiger partial charge in [-0.05, 0) is 19.9 Å². The number of rotatable bonds is 5. The Bertz CT molecular complexity index is 269. The number of hydrogen-bond acceptors (Lipinski definition) is 4. The predicted molar refractivity (Wildman–Crippen MR) is 56.5 cm³/mol. The number of likely N-dealkylation sites (N-methyl/N-ethyl adjacent to an activating group) is 1. The van der Waals surface area contributed by atoms with Gasteiger partial charge in [-0.2, -0.15) is 5.10 Å². The molecule has 0 aromatic carbocycles. The Morgan fingerprint density at radius 1 is 1.60 bits per heavy atom. The maximum Gasteiger partial charge on any atom is 0.137 e. The fraction of sp³-hybridized carbons (Fsp3) is 0.800. The van der Waals surface area contributed by atoms with Crippen LogP contribution in [-0.4, -0.2) is 52.5 Å². The quantitative estimate of drug-likeness (QED) is 0.705. The molecule has 0 saturated carbocycles. The van der Waals surface area contributed by atoms with Crippen LogP contribution in [0.5, 0.6) is 0 Å². The van der Waals surface area contributed by atoms with E-state index in [0.29, 0.717) is 6.10 Å². The second kappa shape index (κ2) is 5.23. The van der Waals surface area contributed by atoms with Gasteiger partial charge < -0.3 is 9.64 Å². The molecule has 1 aromatic rings. The summed E-state index contributed by atoms with van der Waals surface area (Å²) in [6.07, 6.45) is 6.17. The zero-order chi connectivity index (χ0) is 10.5. The van der Waals surface area contributed by atoms with Crippen molar-refractivity contribution in [3.63, 3.8) is 0 Å². The number of ether oxygens (including phenoxy) is 1. The van der Waals surface area contributed by atoms with Crippen LogP contribution >= 0.6 is 0 Å². The average Bonchev–Trinajstić information content (AvgIpc) is 2.86. The first-order chi connectivity index (χ1) is 7.34. The number of aromatic nitrogens is 3.